The highest BCUT2D eigenvalue weighted by Crippen LogP contribution is 2.45. The molecule has 3 rings (SSSR count). The van der Waals surface area contributed by atoms with Crippen LogP contribution in [0, 0.1) is 0 Å². The third kappa shape index (κ3) is 1.84. The van der Waals surface area contributed by atoms with E-state index in [1.165, 1.54) is 0 Å². The van der Waals surface area contributed by atoms with Crippen LogP contribution in [-0.4, -0.2) is 25.7 Å². The predicted octanol–water partition coefficient (Wildman–Crippen LogP) is 2.57. The average Bonchev–Trinajstić information content (AvgIpc) is 2.64. The monoisotopic (exact) mass is 323 g/mol. The van der Waals surface area contributed by atoms with Crippen molar-refractivity contribution in [3.8, 4) is 0 Å². The zero-order valence-corrected chi connectivity index (χ0v) is 12.0. The van der Waals surface area contributed by atoms with Gasteiger partial charge < -0.3 is 14.4 Å². The highest BCUT2D eigenvalue weighted by molar-refractivity contribution is 9.10. The number of carbonyl (C=O) groups excluding carboxylic acids is 1. The normalized spacial score (nSPS) is 20.7. The maximum absolute atomic E-state index is 12.7. The molecule has 0 aromatic heterocycles. The van der Waals surface area contributed by atoms with Crippen molar-refractivity contribution in [2.45, 2.75) is 12.2 Å². The summed E-state index contributed by atoms with van der Waals surface area (Å²) in [7, 11) is 0. The van der Waals surface area contributed by atoms with Gasteiger partial charge in [0.05, 0.1) is 18.9 Å². The Labute approximate surface area is 120 Å². The fourth-order valence-electron chi connectivity index (χ4n) is 2.53. The number of anilines is 1. The molecular weight excluding hydrogens is 310 g/mol. The van der Waals surface area contributed by atoms with Crippen molar-refractivity contribution in [1.82, 2.24) is 0 Å². The lowest BCUT2D eigenvalue weighted by Crippen LogP contribution is -2.47. The molecule has 1 spiro atoms. The molecule has 0 bridgehead atoms. The molecule has 2 aliphatic heterocycles. The van der Waals surface area contributed by atoms with Crippen LogP contribution in [0.4, 0.5) is 5.69 Å². The highest BCUT2D eigenvalue weighted by atomic mass is 79.9. The Hall–Kier alpha value is -1.17. The highest BCUT2D eigenvalue weighted by Gasteiger charge is 2.54. The summed E-state index contributed by atoms with van der Waals surface area (Å²) in [5.41, 5.74) is 1.60. The molecule has 1 aromatic carbocycles. The molecule has 2 aliphatic rings. The van der Waals surface area contributed by atoms with Crippen LogP contribution >= 0.6 is 15.9 Å². The molecule has 0 N–H and O–H groups in total. The van der Waals surface area contributed by atoms with E-state index >= 15 is 0 Å². The second-order valence-electron chi connectivity index (χ2n) is 4.53. The number of amides is 1. The first-order valence-corrected chi connectivity index (χ1v) is 6.99. The van der Waals surface area contributed by atoms with Crippen LogP contribution in [0.1, 0.15) is 12.0 Å². The maximum Gasteiger partial charge on any atom is 0.292 e. The van der Waals surface area contributed by atoms with Gasteiger partial charge in [0.15, 0.2) is 0 Å². The zero-order chi connectivity index (χ0) is 13.5. The van der Waals surface area contributed by atoms with Gasteiger partial charge in [0.2, 0.25) is 0 Å². The lowest BCUT2D eigenvalue weighted by molar-refractivity contribution is -0.256. The van der Waals surface area contributed by atoms with Gasteiger partial charge in [-0.3, -0.25) is 4.79 Å². The minimum Gasteiger partial charge on any atom is -0.338 e. The van der Waals surface area contributed by atoms with E-state index in [0.29, 0.717) is 19.8 Å². The SMILES string of the molecule is C=CCN1C(=O)C2(OCCCO2)c2cc(Br)ccc21. The summed E-state index contributed by atoms with van der Waals surface area (Å²) < 4.78 is 12.4. The Kier molecular flexibility index (Phi) is 3.20. The molecular formula is C14H14BrNO3. The van der Waals surface area contributed by atoms with Gasteiger partial charge >= 0.3 is 0 Å². The van der Waals surface area contributed by atoms with E-state index in [1.54, 1.807) is 11.0 Å². The second kappa shape index (κ2) is 4.74. The van der Waals surface area contributed by atoms with Crippen molar-refractivity contribution in [2.24, 2.45) is 0 Å². The Morgan fingerprint density at radius 3 is 2.84 bits per heavy atom. The third-order valence-electron chi connectivity index (χ3n) is 3.34. The summed E-state index contributed by atoms with van der Waals surface area (Å²) >= 11 is 3.43. The maximum atomic E-state index is 12.7. The number of halogens is 1. The molecule has 5 heteroatoms. The van der Waals surface area contributed by atoms with E-state index in [4.69, 9.17) is 9.47 Å². The van der Waals surface area contributed by atoms with Crippen molar-refractivity contribution in [3.63, 3.8) is 0 Å². The van der Waals surface area contributed by atoms with Gasteiger partial charge in [-0.05, 0) is 24.6 Å². The van der Waals surface area contributed by atoms with E-state index < -0.39 is 5.79 Å². The molecule has 0 atom stereocenters. The summed E-state index contributed by atoms with van der Waals surface area (Å²) in [6.07, 6.45) is 2.51. The molecule has 0 aliphatic carbocycles. The number of hydrogen-bond acceptors (Lipinski definition) is 3. The predicted molar refractivity (Wildman–Crippen MR) is 74.9 cm³/mol. The lowest BCUT2D eigenvalue weighted by Gasteiger charge is -2.32. The topological polar surface area (TPSA) is 38.8 Å². The summed E-state index contributed by atoms with van der Waals surface area (Å²) in [6, 6.07) is 5.70. The van der Waals surface area contributed by atoms with Gasteiger partial charge in [0.1, 0.15) is 0 Å². The molecule has 100 valence electrons. The van der Waals surface area contributed by atoms with Crippen LogP contribution in [0.5, 0.6) is 0 Å². The van der Waals surface area contributed by atoms with Gasteiger partial charge in [0.25, 0.3) is 11.7 Å². The number of carbonyl (C=O) groups is 1. The largest absolute Gasteiger partial charge is 0.338 e. The first-order chi connectivity index (χ1) is 9.19. The molecule has 2 heterocycles. The van der Waals surface area contributed by atoms with E-state index in [1.807, 2.05) is 18.2 Å². The van der Waals surface area contributed by atoms with Gasteiger partial charge in [0, 0.05) is 16.6 Å². The van der Waals surface area contributed by atoms with Crippen LogP contribution < -0.4 is 4.90 Å². The van der Waals surface area contributed by atoms with Crippen molar-refractivity contribution in [1.29, 1.82) is 0 Å². The van der Waals surface area contributed by atoms with Gasteiger partial charge in [-0.2, -0.15) is 0 Å². The Bertz CT molecular complexity index is 537. The van der Waals surface area contributed by atoms with E-state index in [0.717, 1.165) is 22.1 Å². The zero-order valence-electron chi connectivity index (χ0n) is 10.4. The van der Waals surface area contributed by atoms with Crippen molar-refractivity contribution in [3.05, 3.63) is 40.9 Å². The third-order valence-corrected chi connectivity index (χ3v) is 3.83. The molecule has 19 heavy (non-hydrogen) atoms. The quantitative estimate of drug-likeness (QED) is 0.785. The van der Waals surface area contributed by atoms with Crippen LogP contribution in [0.2, 0.25) is 0 Å². The molecule has 4 nitrogen and oxygen atoms in total. The second-order valence-corrected chi connectivity index (χ2v) is 5.45. The van der Waals surface area contributed by atoms with Crippen LogP contribution in [0.3, 0.4) is 0 Å². The average molecular weight is 324 g/mol. The number of fused-ring (bicyclic) bond motifs is 2. The molecule has 1 aromatic rings. The Balaban J connectivity index is 2.14. The van der Waals surface area contributed by atoms with Gasteiger partial charge in [-0.25, -0.2) is 0 Å². The molecule has 1 fully saturated rings. The van der Waals surface area contributed by atoms with E-state index in [-0.39, 0.29) is 5.91 Å². The van der Waals surface area contributed by atoms with Crippen molar-refractivity contribution in [2.75, 3.05) is 24.7 Å². The van der Waals surface area contributed by atoms with E-state index in [9.17, 15) is 4.79 Å². The number of hydrogen-bond donors (Lipinski definition) is 0. The standard InChI is InChI=1S/C14H14BrNO3/c1-2-6-16-12-5-4-10(15)9-11(12)14(13(16)17)18-7-3-8-19-14/h2,4-5,9H,1,3,6-8H2. The fourth-order valence-corrected chi connectivity index (χ4v) is 2.89. The van der Waals surface area contributed by atoms with Gasteiger partial charge in [-0.15, -0.1) is 6.58 Å². The number of benzene rings is 1. The Morgan fingerprint density at radius 2 is 2.16 bits per heavy atom. The molecule has 1 saturated heterocycles. The van der Waals surface area contributed by atoms with Crippen LogP contribution in [0.15, 0.2) is 35.3 Å². The summed E-state index contributed by atoms with van der Waals surface area (Å²) in [6.45, 7) is 5.20. The number of rotatable bonds is 2. The van der Waals surface area contributed by atoms with Crippen molar-refractivity contribution >= 4 is 27.5 Å². The summed E-state index contributed by atoms with van der Waals surface area (Å²) in [4.78, 5) is 14.3. The van der Waals surface area contributed by atoms with E-state index in [2.05, 4.69) is 22.5 Å². The minimum absolute atomic E-state index is 0.166. The summed E-state index contributed by atoms with van der Waals surface area (Å²) in [5, 5.41) is 0. The van der Waals surface area contributed by atoms with Crippen molar-refractivity contribution < 1.29 is 14.3 Å². The molecule has 0 radical (unpaired) electrons. The van der Waals surface area contributed by atoms with Crippen LogP contribution in [-0.2, 0) is 20.1 Å². The molecule has 0 saturated carbocycles. The smallest absolute Gasteiger partial charge is 0.292 e. The fraction of sp³-hybridized carbons (Fsp3) is 0.357. The first kappa shape index (κ1) is 12.8. The number of nitrogens with zero attached hydrogens (tertiary/aromatic N) is 1. The molecule has 0 unspecified atom stereocenters. The summed E-state index contributed by atoms with van der Waals surface area (Å²) in [5.74, 6) is -1.43. The number of ether oxygens (including phenoxy) is 2. The van der Waals surface area contributed by atoms with Gasteiger partial charge in [-0.1, -0.05) is 22.0 Å². The van der Waals surface area contributed by atoms with Crippen LogP contribution in [0.25, 0.3) is 0 Å². The molecule has 1 amide bonds. The lowest BCUT2D eigenvalue weighted by atomic mass is 10.1. The minimum atomic E-state index is -1.26. The first-order valence-electron chi connectivity index (χ1n) is 6.20. The Morgan fingerprint density at radius 1 is 1.42 bits per heavy atom.